The fraction of sp³-hybridized carbons (Fsp3) is 0.917. The second kappa shape index (κ2) is 5.15. The van der Waals surface area contributed by atoms with Crippen LogP contribution in [0.25, 0.3) is 0 Å². The van der Waals surface area contributed by atoms with Crippen LogP contribution in [0.2, 0.25) is 0 Å². The molecule has 2 rings (SSSR count). The van der Waals surface area contributed by atoms with E-state index in [-0.39, 0.29) is 5.41 Å². The van der Waals surface area contributed by atoms with Gasteiger partial charge >= 0.3 is 0 Å². The van der Waals surface area contributed by atoms with E-state index in [0.717, 1.165) is 45.4 Å². The van der Waals surface area contributed by atoms with E-state index < -0.39 is 0 Å². The monoisotopic (exact) mass is 226 g/mol. The molecule has 1 saturated carbocycles. The van der Waals surface area contributed by atoms with Crippen LogP contribution >= 0.6 is 0 Å². The number of carbonyl (C=O) groups excluding carboxylic acids is 1. The van der Waals surface area contributed by atoms with Crippen LogP contribution in [0.4, 0.5) is 0 Å². The quantitative estimate of drug-likeness (QED) is 0.764. The molecule has 2 aliphatic rings. The smallest absolute Gasteiger partial charge is 0.228 e. The zero-order valence-electron chi connectivity index (χ0n) is 10.1. The SMILES string of the molecule is COCCC1(C(=O)N2CCNCC2)CCC1. The van der Waals surface area contributed by atoms with Crippen LogP contribution in [-0.4, -0.2) is 50.7 Å². The fourth-order valence-electron chi connectivity index (χ4n) is 2.68. The van der Waals surface area contributed by atoms with Crippen LogP contribution in [0.5, 0.6) is 0 Å². The van der Waals surface area contributed by atoms with Gasteiger partial charge in [-0.1, -0.05) is 6.42 Å². The summed E-state index contributed by atoms with van der Waals surface area (Å²) >= 11 is 0. The lowest BCUT2D eigenvalue weighted by molar-refractivity contribution is -0.149. The number of methoxy groups -OCH3 is 1. The summed E-state index contributed by atoms with van der Waals surface area (Å²) < 4.78 is 5.13. The molecule has 4 heteroatoms. The topological polar surface area (TPSA) is 41.6 Å². The lowest BCUT2D eigenvalue weighted by Gasteiger charge is -2.44. The molecule has 1 amide bonds. The van der Waals surface area contributed by atoms with Crippen molar-refractivity contribution in [2.45, 2.75) is 25.7 Å². The van der Waals surface area contributed by atoms with Gasteiger partial charge in [-0.25, -0.2) is 0 Å². The first-order chi connectivity index (χ1) is 7.78. The number of ether oxygens (including phenoxy) is 1. The zero-order chi connectivity index (χ0) is 11.4. The summed E-state index contributed by atoms with van der Waals surface area (Å²) in [5.74, 6) is 0.373. The van der Waals surface area contributed by atoms with E-state index in [1.807, 2.05) is 4.90 Å². The minimum Gasteiger partial charge on any atom is -0.385 e. The predicted molar refractivity (Wildman–Crippen MR) is 62.2 cm³/mol. The van der Waals surface area contributed by atoms with Gasteiger partial charge in [0.25, 0.3) is 0 Å². The third-order valence-corrected chi connectivity index (χ3v) is 3.95. The lowest BCUT2D eigenvalue weighted by atomic mass is 9.65. The number of nitrogens with one attached hydrogen (secondary N) is 1. The van der Waals surface area contributed by atoms with E-state index >= 15 is 0 Å². The van der Waals surface area contributed by atoms with Crippen LogP contribution in [-0.2, 0) is 9.53 Å². The van der Waals surface area contributed by atoms with E-state index in [2.05, 4.69) is 5.32 Å². The van der Waals surface area contributed by atoms with E-state index in [4.69, 9.17) is 4.74 Å². The van der Waals surface area contributed by atoms with Crippen LogP contribution in [0.1, 0.15) is 25.7 Å². The standard InChI is InChI=1S/C12H22N2O2/c1-16-10-5-12(3-2-4-12)11(15)14-8-6-13-7-9-14/h13H,2-10H2,1H3. The maximum Gasteiger partial charge on any atom is 0.228 e. The number of hydrogen-bond donors (Lipinski definition) is 1. The second-order valence-electron chi connectivity index (χ2n) is 4.92. The Morgan fingerprint density at radius 3 is 2.56 bits per heavy atom. The number of carbonyl (C=O) groups is 1. The highest BCUT2D eigenvalue weighted by Crippen LogP contribution is 2.45. The molecule has 1 aliphatic heterocycles. The van der Waals surface area contributed by atoms with Gasteiger partial charge in [-0.05, 0) is 19.3 Å². The molecule has 0 atom stereocenters. The number of piperazine rings is 1. The lowest BCUT2D eigenvalue weighted by Crippen LogP contribution is -2.54. The van der Waals surface area contributed by atoms with Gasteiger partial charge in [0.2, 0.25) is 5.91 Å². The number of nitrogens with zero attached hydrogens (tertiary/aromatic N) is 1. The molecule has 4 nitrogen and oxygen atoms in total. The van der Waals surface area contributed by atoms with Crippen molar-refractivity contribution in [2.75, 3.05) is 39.9 Å². The van der Waals surface area contributed by atoms with Crippen LogP contribution in [0.15, 0.2) is 0 Å². The summed E-state index contributed by atoms with van der Waals surface area (Å²) in [4.78, 5) is 14.5. The maximum atomic E-state index is 12.5. The molecule has 0 radical (unpaired) electrons. The van der Waals surface area contributed by atoms with E-state index in [1.54, 1.807) is 7.11 Å². The average Bonchev–Trinajstić information content (AvgIpc) is 2.29. The Bertz CT molecular complexity index is 245. The summed E-state index contributed by atoms with van der Waals surface area (Å²) in [6.07, 6.45) is 4.20. The molecule has 1 heterocycles. The van der Waals surface area contributed by atoms with Crippen LogP contribution in [0.3, 0.4) is 0 Å². The van der Waals surface area contributed by atoms with Crippen molar-refractivity contribution in [1.82, 2.24) is 10.2 Å². The molecular weight excluding hydrogens is 204 g/mol. The maximum absolute atomic E-state index is 12.5. The molecule has 92 valence electrons. The van der Waals surface area contributed by atoms with Gasteiger partial charge in [0.05, 0.1) is 5.41 Å². The minimum absolute atomic E-state index is 0.0760. The highest BCUT2D eigenvalue weighted by Gasteiger charge is 2.45. The molecule has 0 bridgehead atoms. The van der Waals surface area contributed by atoms with E-state index in [0.29, 0.717) is 12.5 Å². The third kappa shape index (κ3) is 2.23. The first-order valence-electron chi connectivity index (χ1n) is 6.27. The molecular formula is C12H22N2O2. The highest BCUT2D eigenvalue weighted by molar-refractivity contribution is 5.83. The van der Waals surface area contributed by atoms with Crippen molar-refractivity contribution in [2.24, 2.45) is 5.41 Å². The van der Waals surface area contributed by atoms with Crippen molar-refractivity contribution < 1.29 is 9.53 Å². The summed E-state index contributed by atoms with van der Waals surface area (Å²) in [7, 11) is 1.71. The minimum atomic E-state index is -0.0760. The molecule has 16 heavy (non-hydrogen) atoms. The highest BCUT2D eigenvalue weighted by atomic mass is 16.5. The van der Waals surface area contributed by atoms with Gasteiger partial charge in [-0.3, -0.25) is 4.79 Å². The van der Waals surface area contributed by atoms with Crippen molar-refractivity contribution in [3.8, 4) is 0 Å². The Balaban J connectivity index is 1.94. The largest absolute Gasteiger partial charge is 0.385 e. The summed E-state index contributed by atoms with van der Waals surface area (Å²) in [5.41, 5.74) is -0.0760. The second-order valence-corrected chi connectivity index (χ2v) is 4.92. The van der Waals surface area contributed by atoms with Gasteiger partial charge in [-0.15, -0.1) is 0 Å². The van der Waals surface area contributed by atoms with Gasteiger partial charge in [0.1, 0.15) is 0 Å². The molecule has 0 aromatic rings. The molecule has 0 spiro atoms. The predicted octanol–water partition coefficient (Wildman–Crippen LogP) is 0.625. The molecule has 0 aromatic heterocycles. The summed E-state index contributed by atoms with van der Waals surface area (Å²) in [5, 5.41) is 3.28. The summed E-state index contributed by atoms with van der Waals surface area (Å²) in [6, 6.07) is 0. The van der Waals surface area contributed by atoms with E-state index in [9.17, 15) is 4.79 Å². The molecule has 1 saturated heterocycles. The Morgan fingerprint density at radius 2 is 2.06 bits per heavy atom. The number of hydrogen-bond acceptors (Lipinski definition) is 3. The van der Waals surface area contributed by atoms with Crippen molar-refractivity contribution in [3.63, 3.8) is 0 Å². The first kappa shape index (κ1) is 11.9. The fourth-order valence-corrected chi connectivity index (χ4v) is 2.68. The molecule has 2 fully saturated rings. The van der Waals surface area contributed by atoms with Crippen LogP contribution < -0.4 is 5.32 Å². The van der Waals surface area contributed by atoms with Crippen molar-refractivity contribution >= 4 is 5.91 Å². The number of amides is 1. The van der Waals surface area contributed by atoms with E-state index in [1.165, 1.54) is 6.42 Å². The zero-order valence-corrected chi connectivity index (χ0v) is 10.1. The molecule has 1 N–H and O–H groups in total. The van der Waals surface area contributed by atoms with Gasteiger partial charge in [0.15, 0.2) is 0 Å². The van der Waals surface area contributed by atoms with Crippen molar-refractivity contribution in [3.05, 3.63) is 0 Å². The average molecular weight is 226 g/mol. The molecule has 1 aliphatic carbocycles. The van der Waals surface area contributed by atoms with Crippen LogP contribution in [0, 0.1) is 5.41 Å². The van der Waals surface area contributed by atoms with Gasteiger partial charge in [0, 0.05) is 39.9 Å². The normalized spacial score (nSPS) is 23.9. The van der Waals surface area contributed by atoms with Gasteiger partial charge in [-0.2, -0.15) is 0 Å². The Labute approximate surface area is 97.3 Å². The Morgan fingerprint density at radius 1 is 1.38 bits per heavy atom. The molecule has 0 aromatic carbocycles. The Hall–Kier alpha value is -0.610. The molecule has 0 unspecified atom stereocenters. The van der Waals surface area contributed by atoms with Crippen molar-refractivity contribution in [1.29, 1.82) is 0 Å². The third-order valence-electron chi connectivity index (χ3n) is 3.95. The van der Waals surface area contributed by atoms with Gasteiger partial charge < -0.3 is 15.0 Å². The first-order valence-corrected chi connectivity index (χ1v) is 6.27. The summed E-state index contributed by atoms with van der Waals surface area (Å²) in [6.45, 7) is 4.32. The number of rotatable bonds is 4. The Kier molecular flexibility index (Phi) is 3.82.